The highest BCUT2D eigenvalue weighted by atomic mass is 32.2. The molecule has 1 aliphatic rings. The molecule has 8 nitrogen and oxygen atoms in total. The molecule has 22 heavy (non-hydrogen) atoms. The van der Waals surface area contributed by atoms with Crippen molar-refractivity contribution in [3.8, 4) is 0 Å². The summed E-state index contributed by atoms with van der Waals surface area (Å²) in [4.78, 5) is 24.6. The molecule has 122 valence electrons. The molecule has 9 heteroatoms. The van der Waals surface area contributed by atoms with Crippen molar-refractivity contribution in [2.24, 2.45) is 7.05 Å². The van der Waals surface area contributed by atoms with Gasteiger partial charge in [-0.2, -0.15) is 0 Å². The molecule has 1 aromatic heterocycles. The largest absolute Gasteiger partial charge is 0.481 e. The molecule has 1 saturated heterocycles. The molecule has 0 spiro atoms. The fourth-order valence-electron chi connectivity index (χ4n) is 2.15. The Bertz CT molecular complexity index is 575. The minimum absolute atomic E-state index is 0.0518. The van der Waals surface area contributed by atoms with Gasteiger partial charge in [0.2, 0.25) is 0 Å². The van der Waals surface area contributed by atoms with E-state index in [9.17, 15) is 9.59 Å². The highest BCUT2D eigenvalue weighted by Crippen LogP contribution is 2.42. The zero-order valence-electron chi connectivity index (χ0n) is 13.1. The normalized spacial score (nSPS) is 17.0. The molecule has 0 atom stereocenters. The fraction of sp³-hybridized carbons (Fsp3) is 0.692. The molecule has 0 bridgehead atoms. The maximum absolute atomic E-state index is 12.0. The Labute approximate surface area is 132 Å². The molecule has 1 aliphatic heterocycles. The van der Waals surface area contributed by atoms with E-state index < -0.39 is 22.4 Å². The summed E-state index contributed by atoms with van der Waals surface area (Å²) in [6.45, 7) is 6.01. The Kier molecular flexibility index (Phi) is 4.37. The van der Waals surface area contributed by atoms with Crippen molar-refractivity contribution in [3.63, 3.8) is 0 Å². The summed E-state index contributed by atoms with van der Waals surface area (Å²) < 4.78 is 6.43. The van der Waals surface area contributed by atoms with Crippen molar-refractivity contribution >= 4 is 23.8 Å². The van der Waals surface area contributed by atoms with Gasteiger partial charge in [0.1, 0.15) is 11.9 Å². The van der Waals surface area contributed by atoms with Crippen LogP contribution in [-0.4, -0.2) is 60.3 Å². The molecule has 0 aliphatic carbocycles. The number of hydrogen-bond acceptors (Lipinski definition) is 6. The van der Waals surface area contributed by atoms with Crippen molar-refractivity contribution in [3.05, 3.63) is 6.33 Å². The number of aliphatic carboxylic acids is 1. The third-order valence-electron chi connectivity index (χ3n) is 3.06. The van der Waals surface area contributed by atoms with E-state index in [1.807, 2.05) is 0 Å². The van der Waals surface area contributed by atoms with Gasteiger partial charge in [0, 0.05) is 20.1 Å². The molecular formula is C13H20N4O4S. The Morgan fingerprint density at radius 2 is 2.09 bits per heavy atom. The number of ether oxygens (including phenoxy) is 1. The van der Waals surface area contributed by atoms with Crippen LogP contribution in [0, 0.1) is 0 Å². The molecule has 1 fully saturated rings. The van der Waals surface area contributed by atoms with Crippen LogP contribution in [0.5, 0.6) is 0 Å². The van der Waals surface area contributed by atoms with E-state index in [-0.39, 0.29) is 6.42 Å². The van der Waals surface area contributed by atoms with Gasteiger partial charge in [-0.3, -0.25) is 4.79 Å². The van der Waals surface area contributed by atoms with Crippen molar-refractivity contribution < 1.29 is 19.4 Å². The summed E-state index contributed by atoms with van der Waals surface area (Å²) in [6.07, 6.45) is 1.08. The number of rotatable bonds is 4. The lowest BCUT2D eigenvalue weighted by Gasteiger charge is -2.48. The molecule has 1 amide bonds. The highest BCUT2D eigenvalue weighted by molar-refractivity contribution is 8.00. The van der Waals surface area contributed by atoms with Crippen LogP contribution in [0.3, 0.4) is 0 Å². The van der Waals surface area contributed by atoms with Gasteiger partial charge in [-0.1, -0.05) is 11.8 Å². The van der Waals surface area contributed by atoms with E-state index in [0.717, 1.165) is 0 Å². The standard InChI is InChI=1S/C13H20N4O4S/c1-12(2,3)21-11(20)17-6-13(7-17,5-9(18)19)22-10-15-14-8-16(10)4/h8H,5-7H2,1-4H3,(H,18,19). The van der Waals surface area contributed by atoms with Gasteiger partial charge < -0.3 is 19.3 Å². The number of aromatic nitrogens is 3. The van der Waals surface area contributed by atoms with E-state index >= 15 is 0 Å². The summed E-state index contributed by atoms with van der Waals surface area (Å²) in [5.41, 5.74) is -0.571. The van der Waals surface area contributed by atoms with E-state index in [1.54, 1.807) is 38.7 Å². The molecule has 2 heterocycles. The van der Waals surface area contributed by atoms with Crippen LogP contribution in [0.1, 0.15) is 27.2 Å². The van der Waals surface area contributed by atoms with E-state index in [1.165, 1.54) is 16.7 Å². The topological polar surface area (TPSA) is 97.5 Å². The second-order valence-corrected chi connectivity index (χ2v) is 7.85. The first-order valence-corrected chi connectivity index (χ1v) is 7.65. The number of amides is 1. The van der Waals surface area contributed by atoms with Gasteiger partial charge in [0.15, 0.2) is 5.16 Å². The van der Waals surface area contributed by atoms with E-state index in [0.29, 0.717) is 18.2 Å². The Balaban J connectivity index is 2.04. The summed E-state index contributed by atoms with van der Waals surface area (Å²) in [5, 5.41) is 17.5. The van der Waals surface area contributed by atoms with E-state index in [2.05, 4.69) is 10.2 Å². The maximum Gasteiger partial charge on any atom is 0.410 e. The number of carbonyl (C=O) groups is 2. The number of carboxylic acids is 1. The molecule has 2 rings (SSSR count). The Morgan fingerprint density at radius 3 is 2.55 bits per heavy atom. The SMILES string of the molecule is Cn1cnnc1SC1(CC(=O)O)CN(C(=O)OC(C)(C)C)C1. The van der Waals surface area contributed by atoms with Gasteiger partial charge in [-0.05, 0) is 20.8 Å². The number of likely N-dealkylation sites (tertiary alicyclic amines) is 1. The molecule has 0 radical (unpaired) electrons. The number of hydrogen-bond donors (Lipinski definition) is 1. The van der Waals surface area contributed by atoms with Crippen LogP contribution in [-0.2, 0) is 16.6 Å². The van der Waals surface area contributed by atoms with E-state index in [4.69, 9.17) is 9.84 Å². The quantitative estimate of drug-likeness (QED) is 0.891. The average Bonchev–Trinajstić information content (AvgIpc) is 2.67. The second kappa shape index (κ2) is 5.79. The molecule has 0 saturated carbocycles. The van der Waals surface area contributed by atoms with Crippen molar-refractivity contribution in [1.29, 1.82) is 0 Å². The van der Waals surface area contributed by atoms with Crippen LogP contribution >= 0.6 is 11.8 Å². The Morgan fingerprint density at radius 1 is 1.45 bits per heavy atom. The first-order valence-electron chi connectivity index (χ1n) is 6.83. The minimum Gasteiger partial charge on any atom is -0.481 e. The summed E-state index contributed by atoms with van der Waals surface area (Å²) in [6, 6.07) is 0. The summed E-state index contributed by atoms with van der Waals surface area (Å²) in [5.74, 6) is -0.904. The maximum atomic E-state index is 12.0. The predicted molar refractivity (Wildman–Crippen MR) is 79.7 cm³/mol. The third-order valence-corrected chi connectivity index (χ3v) is 4.45. The minimum atomic E-state index is -0.904. The lowest BCUT2D eigenvalue weighted by atomic mass is 9.95. The zero-order valence-corrected chi connectivity index (χ0v) is 13.9. The lowest BCUT2D eigenvalue weighted by Crippen LogP contribution is -2.63. The van der Waals surface area contributed by atoms with Crippen LogP contribution in [0.4, 0.5) is 4.79 Å². The molecular weight excluding hydrogens is 308 g/mol. The molecule has 0 unspecified atom stereocenters. The number of carboxylic acid groups (broad SMARTS) is 1. The third kappa shape index (κ3) is 3.90. The van der Waals surface area contributed by atoms with Crippen LogP contribution < -0.4 is 0 Å². The number of carbonyl (C=O) groups excluding carboxylic acids is 1. The fourth-order valence-corrected chi connectivity index (χ4v) is 3.45. The first-order chi connectivity index (χ1) is 10.1. The molecule has 0 aromatic carbocycles. The zero-order chi connectivity index (χ0) is 16.5. The molecule has 1 aromatic rings. The van der Waals surface area contributed by atoms with Gasteiger partial charge in [-0.25, -0.2) is 4.79 Å². The second-order valence-electron chi connectivity index (χ2n) is 6.42. The van der Waals surface area contributed by atoms with Crippen molar-refractivity contribution in [2.75, 3.05) is 13.1 Å². The van der Waals surface area contributed by atoms with Crippen LogP contribution in [0.2, 0.25) is 0 Å². The smallest absolute Gasteiger partial charge is 0.410 e. The van der Waals surface area contributed by atoms with Gasteiger partial charge in [0.25, 0.3) is 0 Å². The molecule has 1 N–H and O–H groups in total. The van der Waals surface area contributed by atoms with Gasteiger partial charge in [-0.15, -0.1) is 10.2 Å². The monoisotopic (exact) mass is 328 g/mol. The van der Waals surface area contributed by atoms with Crippen LogP contribution in [0.25, 0.3) is 0 Å². The number of nitrogens with zero attached hydrogens (tertiary/aromatic N) is 4. The first kappa shape index (κ1) is 16.6. The van der Waals surface area contributed by atoms with Crippen molar-refractivity contribution in [1.82, 2.24) is 19.7 Å². The lowest BCUT2D eigenvalue weighted by molar-refractivity contribution is -0.138. The van der Waals surface area contributed by atoms with Crippen molar-refractivity contribution in [2.45, 2.75) is 42.7 Å². The highest BCUT2D eigenvalue weighted by Gasteiger charge is 2.49. The number of thioether (sulfide) groups is 1. The summed E-state index contributed by atoms with van der Waals surface area (Å²) >= 11 is 1.34. The summed E-state index contributed by atoms with van der Waals surface area (Å²) in [7, 11) is 1.79. The number of aryl methyl sites for hydroxylation is 1. The Hall–Kier alpha value is -1.77. The van der Waals surface area contributed by atoms with Crippen LogP contribution in [0.15, 0.2) is 11.5 Å². The van der Waals surface area contributed by atoms with Gasteiger partial charge >= 0.3 is 12.1 Å². The average molecular weight is 328 g/mol. The predicted octanol–water partition coefficient (Wildman–Crippen LogP) is 1.37. The van der Waals surface area contributed by atoms with Gasteiger partial charge in [0.05, 0.1) is 11.2 Å².